The minimum atomic E-state index is -0.633. The maximum absolute atomic E-state index is 12.2. The lowest BCUT2D eigenvalue weighted by molar-refractivity contribution is -0.385. The van der Waals surface area contributed by atoms with Gasteiger partial charge in [0, 0.05) is 18.5 Å². The number of carbonyl (C=O) groups excluding carboxylic acids is 2. The lowest BCUT2D eigenvalue weighted by Gasteiger charge is -2.21. The molecule has 0 aliphatic heterocycles. The van der Waals surface area contributed by atoms with E-state index in [1.807, 2.05) is 0 Å². The van der Waals surface area contributed by atoms with Gasteiger partial charge >= 0.3 is 6.09 Å². The normalized spacial score (nSPS) is 12.4. The predicted molar refractivity (Wildman–Crippen MR) is 80.9 cm³/mol. The number of carbonyl (C=O) groups is 2. The number of nitro groups is 1. The van der Waals surface area contributed by atoms with Crippen molar-refractivity contribution in [2.24, 2.45) is 0 Å². The van der Waals surface area contributed by atoms with Crippen molar-refractivity contribution in [3.8, 4) is 0 Å². The van der Waals surface area contributed by atoms with Gasteiger partial charge in [0.15, 0.2) is 5.78 Å². The first-order valence-corrected chi connectivity index (χ1v) is 6.86. The van der Waals surface area contributed by atoms with Crippen LogP contribution in [0.5, 0.6) is 0 Å². The Labute approximate surface area is 128 Å². The first-order valence-electron chi connectivity index (χ1n) is 6.86. The van der Waals surface area contributed by atoms with E-state index in [-0.39, 0.29) is 17.7 Å². The van der Waals surface area contributed by atoms with Crippen LogP contribution in [0.25, 0.3) is 0 Å². The summed E-state index contributed by atoms with van der Waals surface area (Å²) >= 11 is 0. The fourth-order valence-corrected chi connectivity index (χ4v) is 1.82. The second-order valence-electron chi connectivity index (χ2n) is 5.95. The molecule has 0 saturated carbocycles. The molecule has 1 rings (SSSR count). The summed E-state index contributed by atoms with van der Waals surface area (Å²) in [5, 5.41) is 13.4. The van der Waals surface area contributed by atoms with Gasteiger partial charge in [0.2, 0.25) is 0 Å². The molecular weight excluding hydrogens is 288 g/mol. The standard InChI is InChI=1S/C15H20N2O5/c1-10(16-14(19)22-15(2,3)4)9-13(18)11-7-5-6-8-12(11)17(20)21/h5-8,10H,9H2,1-4H3,(H,16,19). The molecule has 0 fully saturated rings. The van der Waals surface area contributed by atoms with Crippen molar-refractivity contribution in [1.82, 2.24) is 5.32 Å². The average Bonchev–Trinajstić information content (AvgIpc) is 2.35. The zero-order chi connectivity index (χ0) is 16.9. The van der Waals surface area contributed by atoms with Crippen molar-refractivity contribution >= 4 is 17.6 Å². The number of Topliss-reactive ketones (excluding diaryl/α,β-unsaturated/α-hetero) is 1. The second kappa shape index (κ2) is 7.02. The van der Waals surface area contributed by atoms with Crippen LogP contribution in [0.4, 0.5) is 10.5 Å². The van der Waals surface area contributed by atoms with Crippen molar-refractivity contribution in [2.75, 3.05) is 0 Å². The molecule has 0 radical (unpaired) electrons. The van der Waals surface area contributed by atoms with Gasteiger partial charge in [-0.25, -0.2) is 4.79 Å². The first-order chi connectivity index (χ1) is 10.1. The zero-order valence-corrected chi connectivity index (χ0v) is 13.1. The number of ketones is 1. The molecule has 1 amide bonds. The number of amides is 1. The molecule has 120 valence electrons. The van der Waals surface area contributed by atoms with Crippen LogP contribution in [0.3, 0.4) is 0 Å². The highest BCUT2D eigenvalue weighted by Gasteiger charge is 2.23. The van der Waals surface area contributed by atoms with Gasteiger partial charge in [-0.3, -0.25) is 14.9 Å². The minimum absolute atomic E-state index is 0.0327. The molecule has 0 spiro atoms. The van der Waals surface area contributed by atoms with Gasteiger partial charge in [0.05, 0.1) is 10.5 Å². The van der Waals surface area contributed by atoms with Crippen LogP contribution in [0, 0.1) is 10.1 Å². The molecule has 1 aromatic rings. The Morgan fingerprint density at radius 3 is 2.45 bits per heavy atom. The third kappa shape index (κ3) is 5.51. The number of alkyl carbamates (subject to hydrolysis) is 1. The third-order valence-electron chi connectivity index (χ3n) is 2.66. The van der Waals surface area contributed by atoms with Crippen LogP contribution >= 0.6 is 0 Å². The number of nitro benzene ring substituents is 1. The van der Waals surface area contributed by atoms with Crippen LogP contribution < -0.4 is 5.32 Å². The van der Waals surface area contributed by atoms with Gasteiger partial charge in [-0.15, -0.1) is 0 Å². The molecule has 1 unspecified atom stereocenters. The van der Waals surface area contributed by atoms with E-state index < -0.39 is 28.4 Å². The maximum atomic E-state index is 12.2. The fraction of sp³-hybridized carbons (Fsp3) is 0.467. The Morgan fingerprint density at radius 2 is 1.91 bits per heavy atom. The smallest absolute Gasteiger partial charge is 0.407 e. The number of hydrogen-bond acceptors (Lipinski definition) is 5. The van der Waals surface area contributed by atoms with Crippen LogP contribution in [0.2, 0.25) is 0 Å². The Hall–Kier alpha value is -2.44. The number of ether oxygens (including phenoxy) is 1. The Balaban J connectivity index is 2.69. The van der Waals surface area contributed by atoms with Crippen LogP contribution in [-0.4, -0.2) is 28.4 Å². The average molecular weight is 308 g/mol. The van der Waals surface area contributed by atoms with E-state index in [0.29, 0.717) is 0 Å². The van der Waals surface area contributed by atoms with Gasteiger partial charge in [-0.2, -0.15) is 0 Å². The number of para-hydroxylation sites is 1. The van der Waals surface area contributed by atoms with Gasteiger partial charge < -0.3 is 10.1 Å². The summed E-state index contributed by atoms with van der Waals surface area (Å²) in [4.78, 5) is 34.1. The molecule has 0 heterocycles. The van der Waals surface area contributed by atoms with Crippen LogP contribution in [0.15, 0.2) is 24.3 Å². The van der Waals surface area contributed by atoms with E-state index in [9.17, 15) is 19.7 Å². The summed E-state index contributed by atoms with van der Waals surface area (Å²) in [6.45, 7) is 6.83. The fourth-order valence-electron chi connectivity index (χ4n) is 1.82. The molecule has 22 heavy (non-hydrogen) atoms. The van der Waals surface area contributed by atoms with E-state index >= 15 is 0 Å². The molecule has 0 aliphatic rings. The van der Waals surface area contributed by atoms with E-state index in [4.69, 9.17) is 4.74 Å². The highest BCUT2D eigenvalue weighted by molar-refractivity contribution is 6.00. The maximum Gasteiger partial charge on any atom is 0.407 e. The van der Waals surface area contributed by atoms with E-state index in [1.165, 1.54) is 18.2 Å². The summed E-state index contributed by atoms with van der Waals surface area (Å²) in [7, 11) is 0. The molecular formula is C15H20N2O5. The monoisotopic (exact) mass is 308 g/mol. The van der Waals surface area contributed by atoms with E-state index in [1.54, 1.807) is 33.8 Å². The summed E-state index contributed by atoms with van der Waals surface area (Å²) in [5.74, 6) is -0.407. The Bertz CT molecular complexity index is 578. The molecule has 0 aliphatic carbocycles. The molecule has 0 aromatic heterocycles. The molecule has 7 heteroatoms. The zero-order valence-electron chi connectivity index (χ0n) is 13.1. The van der Waals surface area contributed by atoms with Gasteiger partial charge in [-0.05, 0) is 33.8 Å². The summed E-state index contributed by atoms with van der Waals surface area (Å²) in [5.41, 5.74) is -0.839. The number of hydrogen-bond donors (Lipinski definition) is 1. The minimum Gasteiger partial charge on any atom is -0.444 e. The largest absolute Gasteiger partial charge is 0.444 e. The third-order valence-corrected chi connectivity index (χ3v) is 2.66. The number of rotatable bonds is 5. The highest BCUT2D eigenvalue weighted by atomic mass is 16.6. The van der Waals surface area contributed by atoms with Crippen molar-refractivity contribution in [1.29, 1.82) is 0 Å². The van der Waals surface area contributed by atoms with Gasteiger partial charge in [-0.1, -0.05) is 12.1 Å². The van der Waals surface area contributed by atoms with Crippen LogP contribution in [-0.2, 0) is 4.74 Å². The first kappa shape index (κ1) is 17.6. The van der Waals surface area contributed by atoms with E-state index in [2.05, 4.69) is 5.32 Å². The molecule has 7 nitrogen and oxygen atoms in total. The Morgan fingerprint density at radius 1 is 1.32 bits per heavy atom. The molecule has 1 N–H and O–H groups in total. The molecule has 0 bridgehead atoms. The summed E-state index contributed by atoms with van der Waals surface area (Å²) in [6.07, 6.45) is -0.681. The highest BCUT2D eigenvalue weighted by Crippen LogP contribution is 2.20. The summed E-state index contributed by atoms with van der Waals surface area (Å²) in [6, 6.07) is 5.24. The number of benzene rings is 1. The predicted octanol–water partition coefficient (Wildman–Crippen LogP) is 3.08. The van der Waals surface area contributed by atoms with Crippen molar-refractivity contribution in [2.45, 2.75) is 45.8 Å². The quantitative estimate of drug-likeness (QED) is 0.512. The van der Waals surface area contributed by atoms with Gasteiger partial charge in [0.1, 0.15) is 5.60 Å². The SMILES string of the molecule is CC(CC(=O)c1ccccc1[N+](=O)[O-])NC(=O)OC(C)(C)C. The molecule has 0 saturated heterocycles. The lowest BCUT2D eigenvalue weighted by Crippen LogP contribution is -2.38. The summed E-state index contributed by atoms with van der Waals surface area (Å²) < 4.78 is 5.09. The molecule has 1 atom stereocenters. The van der Waals surface area contributed by atoms with Gasteiger partial charge in [0.25, 0.3) is 5.69 Å². The lowest BCUT2D eigenvalue weighted by atomic mass is 10.0. The second-order valence-corrected chi connectivity index (χ2v) is 5.95. The number of nitrogens with one attached hydrogen (secondary N) is 1. The van der Waals surface area contributed by atoms with E-state index in [0.717, 1.165) is 0 Å². The van der Waals surface area contributed by atoms with Crippen molar-refractivity contribution in [3.05, 3.63) is 39.9 Å². The van der Waals surface area contributed by atoms with Crippen molar-refractivity contribution in [3.63, 3.8) is 0 Å². The topological polar surface area (TPSA) is 98.5 Å². The van der Waals surface area contributed by atoms with Crippen LogP contribution in [0.1, 0.15) is 44.5 Å². The Kier molecular flexibility index (Phi) is 5.62. The number of nitrogens with zero attached hydrogens (tertiary/aromatic N) is 1. The van der Waals surface area contributed by atoms with Crippen molar-refractivity contribution < 1.29 is 19.2 Å². The molecule has 1 aromatic carbocycles.